The molecule has 0 aliphatic rings. The Morgan fingerprint density at radius 3 is 2.33 bits per heavy atom. The number of rotatable bonds is 10. The molecule has 0 N–H and O–H groups in total. The van der Waals surface area contributed by atoms with Crippen molar-refractivity contribution in [1.82, 2.24) is 0 Å². The Balaban J connectivity index is 3.63. The van der Waals surface area contributed by atoms with Crippen molar-refractivity contribution < 1.29 is 13.9 Å². The number of hydrogen-bond donors (Lipinski definition) is 0. The topological polar surface area (TPSA) is 27.7 Å². The lowest BCUT2D eigenvalue weighted by Crippen LogP contribution is -2.19. The number of methoxy groups -OCH3 is 1. The first-order chi connectivity index (χ1) is 7.20. The summed E-state index contributed by atoms with van der Waals surface area (Å²) < 4.78 is 15.7. The summed E-state index contributed by atoms with van der Waals surface area (Å²) in [5, 5.41) is 0. The molecule has 0 radical (unpaired) electrons. The molecule has 0 amide bonds. The number of alkyl halides is 2. The van der Waals surface area contributed by atoms with Crippen LogP contribution in [0.1, 0.15) is 19.3 Å². The van der Waals surface area contributed by atoms with Gasteiger partial charge in [-0.3, -0.25) is 0 Å². The molecule has 0 heterocycles. The van der Waals surface area contributed by atoms with E-state index in [1.54, 1.807) is 7.11 Å². The molecule has 0 bridgehead atoms. The van der Waals surface area contributed by atoms with Gasteiger partial charge in [-0.1, -0.05) is 0 Å². The molecule has 15 heavy (non-hydrogen) atoms. The van der Waals surface area contributed by atoms with Gasteiger partial charge < -0.3 is 13.9 Å². The summed E-state index contributed by atoms with van der Waals surface area (Å²) in [6.07, 6.45) is 2.69. The van der Waals surface area contributed by atoms with Crippen molar-refractivity contribution in [2.45, 2.75) is 30.2 Å². The quantitative estimate of drug-likeness (QED) is 0.341. The molecule has 0 aliphatic heterocycles. The smallest absolute Gasteiger partial charge is 0.145 e. The minimum atomic E-state index is -0.310. The first kappa shape index (κ1) is 15.7. The van der Waals surface area contributed by atoms with Crippen LogP contribution in [0.4, 0.5) is 0 Å². The zero-order valence-electron chi connectivity index (χ0n) is 9.38. The maximum atomic E-state index is 5.68. The average molecular weight is 275 g/mol. The van der Waals surface area contributed by atoms with Crippen molar-refractivity contribution in [3.8, 4) is 0 Å². The fourth-order valence-electron chi connectivity index (χ4n) is 1.17. The van der Waals surface area contributed by atoms with Gasteiger partial charge in [-0.05, 0) is 19.3 Å². The highest BCUT2D eigenvalue weighted by Crippen LogP contribution is 2.15. The van der Waals surface area contributed by atoms with Crippen LogP contribution in [0.15, 0.2) is 0 Å². The van der Waals surface area contributed by atoms with Crippen LogP contribution in [0.2, 0.25) is 0 Å². The Hall–Kier alpha value is 0.677. The first-order valence-corrected chi connectivity index (χ1v) is 6.77. The fraction of sp³-hybridized carbons (Fsp3) is 1.00. The Morgan fingerprint density at radius 1 is 1.07 bits per heavy atom. The largest absolute Gasteiger partial charge is 0.428 e. The van der Waals surface area contributed by atoms with E-state index in [-0.39, 0.29) is 10.9 Å². The van der Waals surface area contributed by atoms with Gasteiger partial charge in [0.2, 0.25) is 0 Å². The van der Waals surface area contributed by atoms with E-state index >= 15 is 0 Å². The molecule has 1 atom stereocenters. The van der Waals surface area contributed by atoms with Gasteiger partial charge in [0.15, 0.2) is 0 Å². The molecule has 1 unspecified atom stereocenters. The average Bonchev–Trinajstić information content (AvgIpc) is 2.21. The van der Waals surface area contributed by atoms with Crippen molar-refractivity contribution in [3.05, 3.63) is 0 Å². The molecule has 0 fully saturated rings. The van der Waals surface area contributed by atoms with Gasteiger partial charge in [-0.15, -0.1) is 23.2 Å². The second-order valence-corrected chi connectivity index (χ2v) is 5.09. The van der Waals surface area contributed by atoms with Crippen LogP contribution in [0.25, 0.3) is 0 Å². The van der Waals surface area contributed by atoms with E-state index < -0.39 is 0 Å². The molecule has 0 spiro atoms. The minimum absolute atomic E-state index is 0.175. The van der Waals surface area contributed by atoms with E-state index in [1.165, 1.54) is 0 Å². The lowest BCUT2D eigenvalue weighted by Gasteiger charge is -2.17. The predicted molar refractivity (Wildman–Crippen MR) is 66.9 cm³/mol. The third kappa shape index (κ3) is 10.9. The highest BCUT2D eigenvalue weighted by Gasteiger charge is 2.10. The number of ether oxygens (including phenoxy) is 2. The highest BCUT2D eigenvalue weighted by atomic mass is 35.5. The SMILES string of the molecule is COCCOC(CCO[SiH3])CCC(Cl)Cl. The molecule has 0 saturated carbocycles. The second-order valence-electron chi connectivity index (χ2n) is 3.24. The maximum absolute atomic E-state index is 5.68. The van der Waals surface area contributed by atoms with Crippen LogP contribution >= 0.6 is 23.2 Å². The van der Waals surface area contributed by atoms with Crippen molar-refractivity contribution in [2.24, 2.45) is 0 Å². The lowest BCUT2D eigenvalue weighted by molar-refractivity contribution is 0.00333. The Morgan fingerprint density at radius 2 is 1.80 bits per heavy atom. The molecule has 0 aliphatic carbocycles. The lowest BCUT2D eigenvalue weighted by atomic mass is 10.1. The van der Waals surface area contributed by atoms with E-state index in [0.29, 0.717) is 13.2 Å². The normalized spacial score (nSPS) is 13.6. The summed E-state index contributed by atoms with van der Waals surface area (Å²) in [6, 6.07) is 0. The summed E-state index contributed by atoms with van der Waals surface area (Å²) in [4.78, 5) is -0.310. The van der Waals surface area contributed by atoms with Crippen molar-refractivity contribution >= 4 is 33.7 Å². The molecule has 6 heteroatoms. The van der Waals surface area contributed by atoms with Crippen LogP contribution in [-0.2, 0) is 13.9 Å². The van der Waals surface area contributed by atoms with Gasteiger partial charge in [0.05, 0.1) is 19.3 Å². The van der Waals surface area contributed by atoms with Crippen LogP contribution in [0.5, 0.6) is 0 Å². The summed E-state index contributed by atoms with van der Waals surface area (Å²) in [6.45, 7) is 1.97. The minimum Gasteiger partial charge on any atom is -0.428 e. The van der Waals surface area contributed by atoms with Crippen LogP contribution in [0.3, 0.4) is 0 Å². The summed E-state index contributed by atoms with van der Waals surface area (Å²) in [5.41, 5.74) is 0. The van der Waals surface area contributed by atoms with Gasteiger partial charge in [0.25, 0.3) is 0 Å². The monoisotopic (exact) mass is 274 g/mol. The third-order valence-corrected chi connectivity index (χ3v) is 2.84. The number of hydrogen-bond acceptors (Lipinski definition) is 3. The van der Waals surface area contributed by atoms with Gasteiger partial charge in [-0.2, -0.15) is 0 Å². The third-order valence-electron chi connectivity index (χ3n) is 1.99. The Kier molecular flexibility index (Phi) is 11.7. The molecule has 0 rings (SSSR count). The molecule has 0 aromatic carbocycles. The Labute approximate surface area is 105 Å². The molecule has 0 aromatic rings. The Bertz CT molecular complexity index is 139. The summed E-state index contributed by atoms with van der Waals surface area (Å²) >= 11 is 11.4. The first-order valence-electron chi connectivity index (χ1n) is 5.08. The van der Waals surface area contributed by atoms with E-state index in [1.807, 2.05) is 0 Å². The van der Waals surface area contributed by atoms with E-state index in [4.69, 9.17) is 37.1 Å². The van der Waals surface area contributed by atoms with Crippen molar-refractivity contribution in [2.75, 3.05) is 26.9 Å². The highest BCUT2D eigenvalue weighted by molar-refractivity contribution is 6.44. The number of halogens is 2. The van der Waals surface area contributed by atoms with Gasteiger partial charge >= 0.3 is 0 Å². The zero-order chi connectivity index (χ0) is 11.5. The second kappa shape index (κ2) is 11.2. The van der Waals surface area contributed by atoms with Gasteiger partial charge in [0.1, 0.15) is 15.3 Å². The van der Waals surface area contributed by atoms with Crippen molar-refractivity contribution in [1.29, 1.82) is 0 Å². The van der Waals surface area contributed by atoms with Crippen LogP contribution < -0.4 is 0 Å². The standard InChI is InChI=1S/C9H20Cl2O3Si/c1-12-6-7-13-8(4-5-14-15)2-3-9(10)11/h8-9H,2-7H2,1,15H3. The van der Waals surface area contributed by atoms with Crippen LogP contribution in [0, 0.1) is 0 Å². The molecular formula is C9H20Cl2O3Si. The molecule has 0 saturated heterocycles. The molecular weight excluding hydrogens is 255 g/mol. The molecule has 3 nitrogen and oxygen atoms in total. The van der Waals surface area contributed by atoms with Crippen LogP contribution in [-0.4, -0.2) is 48.4 Å². The maximum Gasteiger partial charge on any atom is 0.145 e. The molecule has 0 aromatic heterocycles. The fourth-order valence-corrected chi connectivity index (χ4v) is 1.66. The van der Waals surface area contributed by atoms with Crippen molar-refractivity contribution in [3.63, 3.8) is 0 Å². The van der Waals surface area contributed by atoms with E-state index in [2.05, 4.69) is 0 Å². The van der Waals surface area contributed by atoms with Gasteiger partial charge in [-0.25, -0.2) is 0 Å². The van der Waals surface area contributed by atoms with Gasteiger partial charge in [0, 0.05) is 13.7 Å². The zero-order valence-corrected chi connectivity index (χ0v) is 12.9. The molecule has 92 valence electrons. The van der Waals surface area contributed by atoms with E-state index in [0.717, 1.165) is 36.4 Å². The summed E-state index contributed by atoms with van der Waals surface area (Å²) in [7, 11) is 2.43. The van der Waals surface area contributed by atoms with E-state index in [9.17, 15) is 0 Å². The predicted octanol–water partition coefficient (Wildman–Crippen LogP) is 1.29. The summed E-state index contributed by atoms with van der Waals surface area (Å²) in [5.74, 6) is 0.